The summed E-state index contributed by atoms with van der Waals surface area (Å²) in [6, 6.07) is 6.00. The zero-order valence-electron chi connectivity index (χ0n) is 11.2. The van der Waals surface area contributed by atoms with E-state index >= 15 is 0 Å². The number of likely N-dealkylation sites (N-methyl/N-ethyl adjacent to an activating group) is 1. The van der Waals surface area contributed by atoms with Gasteiger partial charge in [-0.1, -0.05) is 17.7 Å². The normalized spacial score (nSPS) is 10.9. The Bertz CT molecular complexity index is 386. The van der Waals surface area contributed by atoms with E-state index in [1.54, 1.807) is 0 Å². The average Bonchev–Trinajstić information content (AvgIpc) is 2.27. The molecule has 1 rings (SSSR count). The maximum atomic E-state index is 12.0. The van der Waals surface area contributed by atoms with Crippen LogP contribution in [0.1, 0.15) is 21.5 Å². The fourth-order valence-corrected chi connectivity index (χ4v) is 1.64. The molecule has 0 aliphatic rings. The summed E-state index contributed by atoms with van der Waals surface area (Å²) in [6.45, 7) is 6.18. The second-order valence-corrected chi connectivity index (χ2v) is 4.72. The molecule has 0 amide bonds. The minimum absolute atomic E-state index is 0.171. The van der Waals surface area contributed by atoms with Crippen molar-refractivity contribution in [3.63, 3.8) is 0 Å². The molecule has 0 spiro atoms. The van der Waals surface area contributed by atoms with Crippen molar-refractivity contribution in [1.29, 1.82) is 0 Å². The van der Waals surface area contributed by atoms with Crippen LogP contribution < -0.4 is 5.32 Å². The lowest BCUT2D eigenvalue weighted by atomic mass is 10.0. The predicted molar refractivity (Wildman–Crippen MR) is 71.7 cm³/mol. The molecule has 1 aromatic rings. The standard InChI is InChI=1S/C14H22N2O/c1-11-5-6-12(2)13(9-11)14(17)10-15-7-8-16(3)4/h5-6,9,15H,7-8,10H2,1-4H3. The first kappa shape index (κ1) is 13.9. The van der Waals surface area contributed by atoms with Crippen LogP contribution in [0.25, 0.3) is 0 Å². The first-order valence-corrected chi connectivity index (χ1v) is 5.96. The van der Waals surface area contributed by atoms with Crippen LogP contribution in [-0.2, 0) is 0 Å². The summed E-state index contributed by atoms with van der Waals surface area (Å²) in [5.41, 5.74) is 3.02. The van der Waals surface area contributed by atoms with E-state index in [0.29, 0.717) is 6.54 Å². The molecule has 0 aromatic heterocycles. The zero-order valence-corrected chi connectivity index (χ0v) is 11.2. The van der Waals surface area contributed by atoms with E-state index in [-0.39, 0.29) is 5.78 Å². The van der Waals surface area contributed by atoms with Crippen molar-refractivity contribution < 1.29 is 4.79 Å². The van der Waals surface area contributed by atoms with Crippen LogP contribution in [-0.4, -0.2) is 44.4 Å². The van der Waals surface area contributed by atoms with Crippen LogP contribution in [0.5, 0.6) is 0 Å². The highest BCUT2D eigenvalue weighted by Crippen LogP contribution is 2.10. The van der Waals surface area contributed by atoms with E-state index < -0.39 is 0 Å². The Kier molecular flexibility index (Phi) is 5.32. The quantitative estimate of drug-likeness (QED) is 0.600. The summed E-state index contributed by atoms with van der Waals surface area (Å²) in [5, 5.41) is 3.17. The second-order valence-electron chi connectivity index (χ2n) is 4.72. The van der Waals surface area contributed by atoms with Gasteiger partial charge in [0.25, 0.3) is 0 Å². The Morgan fingerprint density at radius 3 is 2.65 bits per heavy atom. The van der Waals surface area contributed by atoms with Gasteiger partial charge in [-0.05, 0) is 39.6 Å². The van der Waals surface area contributed by atoms with Crippen molar-refractivity contribution in [2.75, 3.05) is 33.7 Å². The van der Waals surface area contributed by atoms with Crippen LogP contribution >= 0.6 is 0 Å². The monoisotopic (exact) mass is 234 g/mol. The smallest absolute Gasteiger partial charge is 0.176 e. The van der Waals surface area contributed by atoms with Gasteiger partial charge in [0.05, 0.1) is 6.54 Å². The number of hydrogen-bond acceptors (Lipinski definition) is 3. The zero-order chi connectivity index (χ0) is 12.8. The second kappa shape index (κ2) is 6.52. The van der Waals surface area contributed by atoms with Crippen LogP contribution in [0.3, 0.4) is 0 Å². The summed E-state index contributed by atoms with van der Waals surface area (Å²) < 4.78 is 0. The number of carbonyl (C=O) groups is 1. The molecule has 94 valence electrons. The largest absolute Gasteiger partial charge is 0.308 e. The molecular weight excluding hydrogens is 212 g/mol. The molecule has 1 N–H and O–H groups in total. The molecular formula is C14H22N2O. The van der Waals surface area contributed by atoms with Gasteiger partial charge >= 0.3 is 0 Å². The minimum Gasteiger partial charge on any atom is -0.308 e. The molecule has 3 nitrogen and oxygen atoms in total. The van der Waals surface area contributed by atoms with Crippen molar-refractivity contribution >= 4 is 5.78 Å². The van der Waals surface area contributed by atoms with Crippen molar-refractivity contribution in [3.8, 4) is 0 Å². The van der Waals surface area contributed by atoms with Crippen LogP contribution in [0.4, 0.5) is 0 Å². The summed E-state index contributed by atoms with van der Waals surface area (Å²) in [6.07, 6.45) is 0. The first-order chi connectivity index (χ1) is 8.00. The van der Waals surface area contributed by atoms with Gasteiger partial charge in [0.1, 0.15) is 0 Å². The Morgan fingerprint density at radius 2 is 2.00 bits per heavy atom. The summed E-state index contributed by atoms with van der Waals surface area (Å²) in [4.78, 5) is 14.1. The Hall–Kier alpha value is -1.19. The number of ketones is 1. The predicted octanol–water partition coefficient (Wildman–Crippen LogP) is 1.64. The van der Waals surface area contributed by atoms with Crippen LogP contribution in [0.15, 0.2) is 18.2 Å². The highest BCUT2D eigenvalue weighted by molar-refractivity contribution is 5.99. The first-order valence-electron chi connectivity index (χ1n) is 5.96. The molecule has 0 atom stereocenters. The lowest BCUT2D eigenvalue weighted by molar-refractivity contribution is 0.0990. The Labute approximate surface area is 104 Å². The molecule has 0 fully saturated rings. The maximum absolute atomic E-state index is 12.0. The number of carbonyl (C=O) groups excluding carboxylic acids is 1. The number of rotatable bonds is 6. The van der Waals surface area contributed by atoms with Gasteiger partial charge in [-0.15, -0.1) is 0 Å². The van der Waals surface area contributed by atoms with Crippen LogP contribution in [0, 0.1) is 13.8 Å². The third kappa shape index (κ3) is 4.67. The maximum Gasteiger partial charge on any atom is 0.176 e. The minimum atomic E-state index is 0.171. The number of Topliss-reactive ketones (excluding diaryl/α,β-unsaturated/α-hetero) is 1. The Morgan fingerprint density at radius 1 is 1.29 bits per heavy atom. The summed E-state index contributed by atoms with van der Waals surface area (Å²) in [5.74, 6) is 0.171. The lowest BCUT2D eigenvalue weighted by Gasteiger charge is -2.11. The molecule has 17 heavy (non-hydrogen) atoms. The number of aryl methyl sites for hydroxylation is 2. The highest BCUT2D eigenvalue weighted by Gasteiger charge is 2.08. The molecule has 0 radical (unpaired) electrons. The fourth-order valence-electron chi connectivity index (χ4n) is 1.64. The van der Waals surface area contributed by atoms with Gasteiger partial charge in [-0.2, -0.15) is 0 Å². The molecule has 0 unspecified atom stereocenters. The van der Waals surface area contributed by atoms with Gasteiger partial charge in [0.2, 0.25) is 0 Å². The van der Waals surface area contributed by atoms with Gasteiger partial charge in [-0.3, -0.25) is 4.79 Å². The third-order valence-electron chi connectivity index (χ3n) is 2.71. The van der Waals surface area contributed by atoms with E-state index in [2.05, 4.69) is 10.2 Å². The average molecular weight is 234 g/mol. The molecule has 0 aliphatic heterocycles. The van der Waals surface area contributed by atoms with E-state index in [0.717, 1.165) is 29.8 Å². The fraction of sp³-hybridized carbons (Fsp3) is 0.500. The SMILES string of the molecule is Cc1ccc(C)c(C(=O)CNCCN(C)C)c1. The van der Waals surface area contributed by atoms with E-state index in [1.165, 1.54) is 0 Å². The van der Waals surface area contributed by atoms with Crippen molar-refractivity contribution in [2.24, 2.45) is 0 Å². The van der Waals surface area contributed by atoms with Gasteiger partial charge in [0.15, 0.2) is 5.78 Å². The number of hydrogen-bond donors (Lipinski definition) is 1. The van der Waals surface area contributed by atoms with Crippen molar-refractivity contribution in [2.45, 2.75) is 13.8 Å². The molecule has 0 aliphatic carbocycles. The van der Waals surface area contributed by atoms with Crippen LogP contribution in [0.2, 0.25) is 0 Å². The summed E-state index contributed by atoms with van der Waals surface area (Å²) in [7, 11) is 4.04. The molecule has 3 heteroatoms. The number of nitrogens with zero attached hydrogens (tertiary/aromatic N) is 1. The third-order valence-corrected chi connectivity index (χ3v) is 2.71. The molecule has 0 saturated heterocycles. The van der Waals surface area contributed by atoms with Gasteiger partial charge in [-0.25, -0.2) is 0 Å². The van der Waals surface area contributed by atoms with E-state index in [9.17, 15) is 4.79 Å². The Balaban J connectivity index is 2.49. The molecule has 0 heterocycles. The number of benzene rings is 1. The molecule has 1 aromatic carbocycles. The molecule has 0 bridgehead atoms. The van der Waals surface area contributed by atoms with E-state index in [1.807, 2.05) is 46.1 Å². The lowest BCUT2D eigenvalue weighted by Crippen LogP contribution is -2.30. The topological polar surface area (TPSA) is 32.3 Å². The van der Waals surface area contributed by atoms with Gasteiger partial charge in [0, 0.05) is 18.7 Å². The van der Waals surface area contributed by atoms with E-state index in [4.69, 9.17) is 0 Å². The number of nitrogens with one attached hydrogen (secondary N) is 1. The van der Waals surface area contributed by atoms with Gasteiger partial charge < -0.3 is 10.2 Å². The van der Waals surface area contributed by atoms with Crippen molar-refractivity contribution in [1.82, 2.24) is 10.2 Å². The highest BCUT2D eigenvalue weighted by atomic mass is 16.1. The summed E-state index contributed by atoms with van der Waals surface area (Å²) >= 11 is 0. The molecule has 0 saturated carbocycles. The van der Waals surface area contributed by atoms with Crippen molar-refractivity contribution in [3.05, 3.63) is 34.9 Å².